The Labute approximate surface area is 101 Å². The summed E-state index contributed by atoms with van der Waals surface area (Å²) in [5.41, 5.74) is 5.42. The summed E-state index contributed by atoms with van der Waals surface area (Å²) in [6.45, 7) is 0. The van der Waals surface area contributed by atoms with Crippen molar-refractivity contribution < 1.29 is 13.6 Å². The van der Waals surface area contributed by atoms with Crippen LogP contribution in [0.2, 0.25) is 0 Å². The van der Waals surface area contributed by atoms with Gasteiger partial charge in [-0.25, -0.2) is 8.78 Å². The Morgan fingerprint density at radius 1 is 1.44 bits per heavy atom. The second kappa shape index (κ2) is 4.44. The minimum absolute atomic E-state index is 0.226. The smallest absolute Gasteiger partial charge is 0.259 e. The molecule has 0 saturated carbocycles. The van der Waals surface area contributed by atoms with E-state index in [0.717, 1.165) is 18.2 Å². The summed E-state index contributed by atoms with van der Waals surface area (Å²) in [6, 6.07) is 2.64. The minimum Gasteiger partial charge on any atom is -0.394 e. The van der Waals surface area contributed by atoms with E-state index in [2.05, 4.69) is 10.4 Å². The summed E-state index contributed by atoms with van der Waals surface area (Å²) in [5, 5.41) is 6.18. The first-order chi connectivity index (χ1) is 8.49. The fourth-order valence-electron chi connectivity index (χ4n) is 1.45. The van der Waals surface area contributed by atoms with Crippen molar-refractivity contribution in [3.8, 4) is 0 Å². The summed E-state index contributed by atoms with van der Waals surface area (Å²) in [6.07, 6.45) is 1.34. The van der Waals surface area contributed by atoms with Gasteiger partial charge in [0.1, 0.15) is 11.6 Å². The molecule has 1 amide bonds. The van der Waals surface area contributed by atoms with Crippen molar-refractivity contribution in [3.63, 3.8) is 0 Å². The molecule has 18 heavy (non-hydrogen) atoms. The molecule has 0 unspecified atom stereocenters. The van der Waals surface area contributed by atoms with Crippen molar-refractivity contribution in [2.45, 2.75) is 0 Å². The molecule has 0 radical (unpaired) electrons. The van der Waals surface area contributed by atoms with Crippen LogP contribution in [-0.2, 0) is 7.05 Å². The number of nitrogens with one attached hydrogen (secondary N) is 1. The highest BCUT2D eigenvalue weighted by Crippen LogP contribution is 2.18. The molecule has 1 heterocycles. The van der Waals surface area contributed by atoms with Crippen molar-refractivity contribution >= 4 is 17.4 Å². The Kier molecular flexibility index (Phi) is 2.97. The van der Waals surface area contributed by atoms with Gasteiger partial charge in [-0.05, 0) is 18.2 Å². The first-order valence-electron chi connectivity index (χ1n) is 5.03. The van der Waals surface area contributed by atoms with E-state index >= 15 is 0 Å². The lowest BCUT2D eigenvalue weighted by atomic mass is 10.2. The van der Waals surface area contributed by atoms with Gasteiger partial charge >= 0.3 is 0 Å². The van der Waals surface area contributed by atoms with E-state index in [1.807, 2.05) is 0 Å². The molecule has 7 heteroatoms. The monoisotopic (exact) mass is 252 g/mol. The summed E-state index contributed by atoms with van der Waals surface area (Å²) in [5.74, 6) is -2.07. The van der Waals surface area contributed by atoms with Crippen molar-refractivity contribution in [2.24, 2.45) is 7.05 Å². The maximum atomic E-state index is 13.4. The van der Waals surface area contributed by atoms with Crippen molar-refractivity contribution in [1.29, 1.82) is 0 Å². The zero-order valence-electron chi connectivity index (χ0n) is 9.45. The van der Waals surface area contributed by atoms with Crippen molar-refractivity contribution in [1.82, 2.24) is 9.78 Å². The number of amides is 1. The van der Waals surface area contributed by atoms with Gasteiger partial charge < -0.3 is 11.1 Å². The van der Waals surface area contributed by atoms with E-state index in [1.165, 1.54) is 10.9 Å². The van der Waals surface area contributed by atoms with Gasteiger partial charge in [-0.3, -0.25) is 9.48 Å². The SMILES string of the molecule is Cn1ncc(N)c1NC(=O)c1cc(F)ccc1F. The summed E-state index contributed by atoms with van der Waals surface area (Å²) in [7, 11) is 1.56. The van der Waals surface area contributed by atoms with Gasteiger partial charge in [-0.15, -0.1) is 0 Å². The Morgan fingerprint density at radius 2 is 2.17 bits per heavy atom. The predicted octanol–water partition coefficient (Wildman–Crippen LogP) is 1.53. The van der Waals surface area contributed by atoms with Crippen LogP contribution in [0.3, 0.4) is 0 Å². The second-order valence-corrected chi connectivity index (χ2v) is 3.65. The number of halogens is 2. The summed E-state index contributed by atoms with van der Waals surface area (Å²) < 4.78 is 27.6. The topological polar surface area (TPSA) is 72.9 Å². The molecule has 2 rings (SSSR count). The Morgan fingerprint density at radius 3 is 2.78 bits per heavy atom. The van der Waals surface area contributed by atoms with Crippen molar-refractivity contribution in [2.75, 3.05) is 11.1 Å². The predicted molar refractivity (Wildman–Crippen MR) is 61.9 cm³/mol. The van der Waals surface area contributed by atoms with Gasteiger partial charge in [0.2, 0.25) is 0 Å². The normalized spacial score (nSPS) is 10.4. The molecule has 0 bridgehead atoms. The first kappa shape index (κ1) is 12.0. The lowest BCUT2D eigenvalue weighted by molar-refractivity contribution is 0.102. The maximum Gasteiger partial charge on any atom is 0.259 e. The lowest BCUT2D eigenvalue weighted by Crippen LogP contribution is -2.17. The van der Waals surface area contributed by atoms with E-state index in [9.17, 15) is 13.6 Å². The molecule has 0 atom stereocenters. The van der Waals surface area contributed by atoms with Crippen LogP contribution in [0.5, 0.6) is 0 Å². The number of hydrogen-bond donors (Lipinski definition) is 2. The fraction of sp³-hybridized carbons (Fsp3) is 0.0909. The summed E-state index contributed by atoms with van der Waals surface area (Å²) >= 11 is 0. The molecule has 0 aliphatic carbocycles. The van der Waals surface area contributed by atoms with E-state index in [1.54, 1.807) is 7.05 Å². The third-order valence-corrected chi connectivity index (χ3v) is 2.37. The first-order valence-corrected chi connectivity index (χ1v) is 5.03. The number of carbonyl (C=O) groups is 1. The van der Waals surface area contributed by atoms with Crippen molar-refractivity contribution in [3.05, 3.63) is 41.6 Å². The zero-order chi connectivity index (χ0) is 13.3. The number of anilines is 2. The third-order valence-electron chi connectivity index (χ3n) is 2.37. The van der Waals surface area contributed by atoms with Crippen LogP contribution in [0.25, 0.3) is 0 Å². The zero-order valence-corrected chi connectivity index (χ0v) is 9.45. The van der Waals surface area contributed by atoms with Crippen LogP contribution in [0.15, 0.2) is 24.4 Å². The molecule has 2 aromatic rings. The fourth-order valence-corrected chi connectivity index (χ4v) is 1.45. The lowest BCUT2D eigenvalue weighted by Gasteiger charge is -2.07. The molecule has 0 spiro atoms. The Bertz CT molecular complexity index is 590. The molecule has 0 aliphatic heterocycles. The second-order valence-electron chi connectivity index (χ2n) is 3.65. The number of benzene rings is 1. The number of carbonyl (C=O) groups excluding carboxylic acids is 1. The number of rotatable bonds is 2. The molecular weight excluding hydrogens is 242 g/mol. The molecule has 3 N–H and O–H groups in total. The molecule has 1 aromatic carbocycles. The van der Waals surface area contributed by atoms with Crippen LogP contribution in [0, 0.1) is 11.6 Å². The Hall–Kier alpha value is -2.44. The molecular formula is C11H10F2N4O. The van der Waals surface area contributed by atoms with Gasteiger partial charge in [0.25, 0.3) is 5.91 Å². The van der Waals surface area contributed by atoms with E-state index in [4.69, 9.17) is 5.73 Å². The third kappa shape index (κ3) is 2.15. The molecule has 5 nitrogen and oxygen atoms in total. The van der Waals surface area contributed by atoms with Crippen LogP contribution in [0.4, 0.5) is 20.3 Å². The number of nitrogens with zero attached hydrogens (tertiary/aromatic N) is 2. The number of hydrogen-bond acceptors (Lipinski definition) is 3. The number of aromatic nitrogens is 2. The van der Waals surface area contributed by atoms with Crippen LogP contribution in [-0.4, -0.2) is 15.7 Å². The van der Waals surface area contributed by atoms with Crippen LogP contribution >= 0.6 is 0 Å². The van der Waals surface area contributed by atoms with E-state index in [-0.39, 0.29) is 11.5 Å². The van der Waals surface area contributed by atoms with Gasteiger partial charge in [-0.1, -0.05) is 0 Å². The molecule has 0 aliphatic rings. The largest absolute Gasteiger partial charge is 0.394 e. The van der Waals surface area contributed by atoms with Gasteiger partial charge in [0.15, 0.2) is 5.82 Å². The highest BCUT2D eigenvalue weighted by Gasteiger charge is 2.15. The minimum atomic E-state index is -0.811. The van der Waals surface area contributed by atoms with Crippen LogP contribution in [0.1, 0.15) is 10.4 Å². The van der Waals surface area contributed by atoms with Crippen LogP contribution < -0.4 is 11.1 Å². The van der Waals surface area contributed by atoms with E-state index in [0.29, 0.717) is 0 Å². The highest BCUT2D eigenvalue weighted by molar-refractivity contribution is 6.05. The van der Waals surface area contributed by atoms with E-state index < -0.39 is 23.1 Å². The average molecular weight is 252 g/mol. The molecule has 1 aromatic heterocycles. The maximum absolute atomic E-state index is 13.4. The average Bonchev–Trinajstić information content (AvgIpc) is 2.64. The standard InChI is InChI=1S/C11H10F2N4O/c1-17-10(9(14)5-15-17)16-11(18)7-4-6(12)2-3-8(7)13/h2-5H,14H2,1H3,(H,16,18). The van der Waals surface area contributed by atoms with Gasteiger partial charge in [-0.2, -0.15) is 5.10 Å². The molecule has 94 valence electrons. The highest BCUT2D eigenvalue weighted by atomic mass is 19.1. The summed E-state index contributed by atoms with van der Waals surface area (Å²) in [4.78, 5) is 11.8. The number of nitrogens with two attached hydrogens (primary N) is 1. The molecule has 0 fully saturated rings. The quantitative estimate of drug-likeness (QED) is 0.851. The molecule has 0 saturated heterocycles. The number of nitrogen functional groups attached to an aromatic ring is 1. The number of aryl methyl sites for hydroxylation is 1. The van der Waals surface area contributed by atoms with Gasteiger partial charge in [0, 0.05) is 7.05 Å². The van der Waals surface area contributed by atoms with Gasteiger partial charge in [0.05, 0.1) is 17.4 Å². The Balaban J connectivity index is 2.30.